The lowest BCUT2D eigenvalue weighted by atomic mass is 10.2. The molecule has 0 aromatic heterocycles. The van der Waals surface area contributed by atoms with E-state index in [1.165, 1.54) is 17.4 Å². The minimum absolute atomic E-state index is 0.0197. The van der Waals surface area contributed by atoms with Gasteiger partial charge in [0.1, 0.15) is 4.90 Å². The first-order valence-electron chi connectivity index (χ1n) is 5.92. The number of sulfonamides is 1. The zero-order valence-electron chi connectivity index (χ0n) is 10.6. The molecule has 0 aliphatic rings. The largest absolute Gasteiger partial charge is 0.396 e. The minimum atomic E-state index is -3.62. The number of rotatable bonds is 7. The number of halogens is 2. The van der Waals surface area contributed by atoms with Gasteiger partial charge in [0.25, 0.3) is 0 Å². The molecule has 7 heteroatoms. The second-order valence-electron chi connectivity index (χ2n) is 4.16. The molecule has 0 radical (unpaired) electrons. The summed E-state index contributed by atoms with van der Waals surface area (Å²) in [5.41, 5.74) is 0. The van der Waals surface area contributed by atoms with E-state index >= 15 is 0 Å². The first-order valence-corrected chi connectivity index (χ1v) is 8.12. The second-order valence-corrected chi connectivity index (χ2v) is 6.96. The van der Waals surface area contributed by atoms with Crippen molar-refractivity contribution in [3.8, 4) is 0 Å². The molecule has 0 unspecified atom stereocenters. The van der Waals surface area contributed by atoms with Crippen molar-refractivity contribution in [2.75, 3.05) is 20.2 Å². The lowest BCUT2D eigenvalue weighted by Gasteiger charge is -2.18. The summed E-state index contributed by atoms with van der Waals surface area (Å²) in [6, 6.07) is 4.54. The zero-order valence-corrected chi connectivity index (χ0v) is 13.0. The van der Waals surface area contributed by atoms with Crippen LogP contribution in [0.4, 0.5) is 0 Å². The Balaban J connectivity index is 2.82. The highest BCUT2D eigenvalue weighted by Gasteiger charge is 2.24. The summed E-state index contributed by atoms with van der Waals surface area (Å²) in [6.45, 7) is 0.502. The van der Waals surface area contributed by atoms with Gasteiger partial charge in [0.2, 0.25) is 10.0 Å². The summed E-state index contributed by atoms with van der Waals surface area (Å²) < 4.78 is 25.9. The van der Waals surface area contributed by atoms with Crippen LogP contribution < -0.4 is 0 Å². The second kappa shape index (κ2) is 7.45. The quantitative estimate of drug-likeness (QED) is 0.784. The zero-order chi connectivity index (χ0) is 14.5. The highest BCUT2D eigenvalue weighted by molar-refractivity contribution is 7.89. The molecule has 0 saturated heterocycles. The van der Waals surface area contributed by atoms with Crippen molar-refractivity contribution in [2.24, 2.45) is 0 Å². The maximum atomic E-state index is 12.3. The van der Waals surface area contributed by atoms with Gasteiger partial charge in [-0.3, -0.25) is 0 Å². The summed E-state index contributed by atoms with van der Waals surface area (Å²) in [4.78, 5) is 0.0197. The van der Waals surface area contributed by atoms with Crippen LogP contribution in [0.3, 0.4) is 0 Å². The van der Waals surface area contributed by atoms with Crippen LogP contribution in [-0.4, -0.2) is 38.0 Å². The number of hydrogen-bond acceptors (Lipinski definition) is 3. The molecule has 0 saturated carbocycles. The molecule has 0 heterocycles. The summed E-state index contributed by atoms with van der Waals surface area (Å²) in [5, 5.41) is 8.94. The Hall–Kier alpha value is -0.330. The van der Waals surface area contributed by atoms with E-state index in [0.717, 1.165) is 6.42 Å². The van der Waals surface area contributed by atoms with Crippen molar-refractivity contribution in [1.29, 1.82) is 0 Å². The molecule has 1 aromatic rings. The van der Waals surface area contributed by atoms with Crippen molar-refractivity contribution in [3.63, 3.8) is 0 Å². The molecule has 19 heavy (non-hydrogen) atoms. The average molecular weight is 326 g/mol. The van der Waals surface area contributed by atoms with E-state index in [0.29, 0.717) is 19.4 Å². The number of unbranched alkanes of at least 4 members (excludes halogenated alkanes) is 2. The van der Waals surface area contributed by atoms with Crippen LogP contribution in [0.25, 0.3) is 0 Å². The lowest BCUT2D eigenvalue weighted by Crippen LogP contribution is -2.28. The SMILES string of the molecule is CN(CCCCCO)S(=O)(=O)c1cccc(Cl)c1Cl. The monoisotopic (exact) mass is 325 g/mol. The fourth-order valence-electron chi connectivity index (χ4n) is 1.59. The van der Waals surface area contributed by atoms with Crippen LogP contribution in [0.1, 0.15) is 19.3 Å². The molecule has 1 N–H and O–H groups in total. The Morgan fingerprint density at radius 2 is 1.89 bits per heavy atom. The van der Waals surface area contributed by atoms with Crippen molar-refractivity contribution >= 4 is 33.2 Å². The number of benzene rings is 1. The molecule has 1 aromatic carbocycles. The van der Waals surface area contributed by atoms with Gasteiger partial charge in [0.15, 0.2) is 0 Å². The summed E-state index contributed by atoms with van der Waals surface area (Å²) in [7, 11) is -2.12. The van der Waals surface area contributed by atoms with Gasteiger partial charge in [-0.15, -0.1) is 0 Å². The Morgan fingerprint density at radius 3 is 2.53 bits per heavy atom. The number of aliphatic hydroxyl groups is 1. The molecular weight excluding hydrogens is 309 g/mol. The topological polar surface area (TPSA) is 57.6 Å². The molecular formula is C12H17Cl2NO3S. The first-order chi connectivity index (χ1) is 8.91. The predicted molar refractivity (Wildman–Crippen MR) is 77.2 cm³/mol. The number of aliphatic hydroxyl groups excluding tert-OH is 1. The van der Waals surface area contributed by atoms with Crippen LogP contribution in [0, 0.1) is 0 Å². The van der Waals surface area contributed by atoms with Crippen molar-refractivity contribution in [2.45, 2.75) is 24.2 Å². The third kappa shape index (κ3) is 4.33. The Kier molecular flexibility index (Phi) is 6.56. The normalized spacial score (nSPS) is 12.1. The van der Waals surface area contributed by atoms with Gasteiger partial charge in [-0.25, -0.2) is 12.7 Å². The van der Waals surface area contributed by atoms with E-state index in [9.17, 15) is 8.42 Å². The summed E-state index contributed by atoms with van der Waals surface area (Å²) in [5.74, 6) is 0. The highest BCUT2D eigenvalue weighted by Crippen LogP contribution is 2.30. The molecule has 0 fully saturated rings. The van der Waals surface area contributed by atoms with Gasteiger partial charge in [0.05, 0.1) is 10.0 Å². The summed E-state index contributed by atoms with van der Waals surface area (Å²) >= 11 is 11.8. The van der Waals surface area contributed by atoms with Gasteiger partial charge < -0.3 is 5.11 Å². The van der Waals surface area contributed by atoms with Crippen LogP contribution in [0.15, 0.2) is 23.1 Å². The maximum absolute atomic E-state index is 12.3. The maximum Gasteiger partial charge on any atom is 0.244 e. The number of hydrogen-bond donors (Lipinski definition) is 1. The van der Waals surface area contributed by atoms with E-state index in [1.807, 2.05) is 0 Å². The molecule has 0 bridgehead atoms. The highest BCUT2D eigenvalue weighted by atomic mass is 35.5. The minimum Gasteiger partial charge on any atom is -0.396 e. The average Bonchev–Trinajstić information content (AvgIpc) is 2.37. The van der Waals surface area contributed by atoms with E-state index < -0.39 is 10.0 Å². The lowest BCUT2D eigenvalue weighted by molar-refractivity contribution is 0.281. The van der Waals surface area contributed by atoms with E-state index in [-0.39, 0.29) is 21.5 Å². The molecule has 0 aliphatic carbocycles. The van der Waals surface area contributed by atoms with E-state index in [2.05, 4.69) is 0 Å². The molecule has 1 rings (SSSR count). The van der Waals surface area contributed by atoms with Crippen LogP contribution in [-0.2, 0) is 10.0 Å². The van der Waals surface area contributed by atoms with Crippen molar-refractivity contribution < 1.29 is 13.5 Å². The standard InChI is InChI=1S/C12H17Cl2NO3S/c1-15(8-3-2-4-9-16)19(17,18)11-7-5-6-10(13)12(11)14/h5-7,16H,2-4,8-9H2,1H3. The number of nitrogens with zero attached hydrogens (tertiary/aromatic N) is 1. The van der Waals surface area contributed by atoms with E-state index in [4.69, 9.17) is 28.3 Å². The van der Waals surface area contributed by atoms with Crippen molar-refractivity contribution in [1.82, 2.24) is 4.31 Å². The fourth-order valence-corrected chi connectivity index (χ4v) is 3.54. The van der Waals surface area contributed by atoms with Crippen LogP contribution >= 0.6 is 23.2 Å². The fraction of sp³-hybridized carbons (Fsp3) is 0.500. The Morgan fingerprint density at radius 1 is 1.21 bits per heavy atom. The predicted octanol–water partition coefficient (Wildman–Crippen LogP) is 2.78. The third-order valence-corrected chi connectivity index (χ3v) is 5.57. The molecule has 0 spiro atoms. The van der Waals surface area contributed by atoms with Gasteiger partial charge in [0, 0.05) is 20.2 Å². The van der Waals surface area contributed by atoms with E-state index in [1.54, 1.807) is 12.1 Å². The van der Waals surface area contributed by atoms with Crippen LogP contribution in [0.2, 0.25) is 10.0 Å². The van der Waals surface area contributed by atoms with Gasteiger partial charge in [-0.2, -0.15) is 0 Å². The van der Waals surface area contributed by atoms with Crippen LogP contribution in [0.5, 0.6) is 0 Å². The van der Waals surface area contributed by atoms with Gasteiger partial charge >= 0.3 is 0 Å². The molecule has 0 amide bonds. The van der Waals surface area contributed by atoms with Gasteiger partial charge in [-0.1, -0.05) is 29.3 Å². The van der Waals surface area contributed by atoms with Crippen molar-refractivity contribution in [3.05, 3.63) is 28.2 Å². The Labute approximate surface area is 124 Å². The Bertz CT molecular complexity index is 520. The molecule has 0 atom stereocenters. The molecule has 0 aliphatic heterocycles. The molecule has 108 valence electrons. The summed E-state index contributed by atoms with van der Waals surface area (Å²) in [6.07, 6.45) is 2.14. The smallest absolute Gasteiger partial charge is 0.244 e. The molecule has 4 nitrogen and oxygen atoms in total. The van der Waals surface area contributed by atoms with Gasteiger partial charge in [-0.05, 0) is 31.4 Å². The third-order valence-electron chi connectivity index (χ3n) is 2.74. The first kappa shape index (κ1) is 16.7.